The molecule has 1 aliphatic rings. The van der Waals surface area contributed by atoms with E-state index in [0.717, 1.165) is 22.3 Å². The summed E-state index contributed by atoms with van der Waals surface area (Å²) in [5.41, 5.74) is 8.95. The van der Waals surface area contributed by atoms with Gasteiger partial charge in [-0.15, -0.1) is 0 Å². The van der Waals surface area contributed by atoms with Crippen LogP contribution in [-0.4, -0.2) is 22.9 Å². The van der Waals surface area contributed by atoms with Crippen LogP contribution in [0.2, 0.25) is 0 Å². The Hall–Kier alpha value is -2.13. The van der Waals surface area contributed by atoms with Gasteiger partial charge in [-0.25, -0.2) is 0 Å². The third kappa shape index (κ3) is 3.29. The minimum atomic E-state index is 0.119. The van der Waals surface area contributed by atoms with E-state index in [1.165, 1.54) is 22.3 Å². The molecule has 0 bridgehead atoms. The van der Waals surface area contributed by atoms with E-state index in [-0.39, 0.29) is 18.0 Å². The Morgan fingerprint density at radius 3 is 2.04 bits per heavy atom. The molecule has 0 saturated heterocycles. The Labute approximate surface area is 163 Å². The summed E-state index contributed by atoms with van der Waals surface area (Å²) in [6.45, 7) is 15.9. The molecule has 0 radical (unpaired) electrons. The third-order valence-corrected chi connectivity index (χ3v) is 5.74. The molecule has 2 aromatic rings. The van der Waals surface area contributed by atoms with Gasteiger partial charge in [-0.3, -0.25) is 4.79 Å². The molecular formula is C24H31NO2. The fourth-order valence-electron chi connectivity index (χ4n) is 4.43. The molecule has 1 aliphatic heterocycles. The Bertz CT molecular complexity index is 872. The lowest BCUT2D eigenvalue weighted by Gasteiger charge is -2.33. The van der Waals surface area contributed by atoms with Crippen LogP contribution < -0.4 is 0 Å². The number of amides is 1. The maximum atomic E-state index is 13.8. The average Bonchev–Trinajstić information content (AvgIpc) is 3.08. The van der Waals surface area contributed by atoms with Crippen molar-refractivity contribution in [3.8, 4) is 11.1 Å². The van der Waals surface area contributed by atoms with Crippen LogP contribution >= 0.6 is 0 Å². The normalized spacial score (nSPS) is 13.4. The van der Waals surface area contributed by atoms with Crippen LogP contribution in [0.5, 0.6) is 0 Å². The second-order valence-electron chi connectivity index (χ2n) is 8.16. The number of benzene rings is 2. The highest BCUT2D eigenvalue weighted by Gasteiger charge is 2.31. The van der Waals surface area contributed by atoms with E-state index in [9.17, 15) is 4.79 Å². The molecule has 3 heteroatoms. The molecular weight excluding hydrogens is 334 g/mol. The summed E-state index contributed by atoms with van der Waals surface area (Å²) in [6, 6.07) is 8.64. The van der Waals surface area contributed by atoms with Gasteiger partial charge in [0.1, 0.15) is 0 Å². The van der Waals surface area contributed by atoms with E-state index in [1.54, 1.807) is 0 Å². The molecule has 2 aromatic carbocycles. The SMILES string of the molecule is Cc1ccccc1-c1c(C)c2c(c(C)c1C(=O)N(C(C)C)C(C)C)COC2. The number of hydrogen-bond acceptors (Lipinski definition) is 2. The minimum absolute atomic E-state index is 0.119. The quantitative estimate of drug-likeness (QED) is 0.709. The lowest BCUT2D eigenvalue weighted by molar-refractivity contribution is 0.0643. The first-order valence-electron chi connectivity index (χ1n) is 9.87. The molecule has 144 valence electrons. The third-order valence-electron chi connectivity index (χ3n) is 5.74. The van der Waals surface area contributed by atoms with Crippen LogP contribution in [-0.2, 0) is 18.0 Å². The van der Waals surface area contributed by atoms with E-state index in [4.69, 9.17) is 4.74 Å². The Kier molecular flexibility index (Phi) is 5.43. The summed E-state index contributed by atoms with van der Waals surface area (Å²) < 4.78 is 5.76. The number of carbonyl (C=O) groups is 1. The van der Waals surface area contributed by atoms with Crippen molar-refractivity contribution in [1.29, 1.82) is 0 Å². The van der Waals surface area contributed by atoms with Crippen molar-refractivity contribution in [1.82, 2.24) is 4.90 Å². The van der Waals surface area contributed by atoms with Gasteiger partial charge in [0.15, 0.2) is 0 Å². The fourth-order valence-corrected chi connectivity index (χ4v) is 4.43. The largest absolute Gasteiger partial charge is 0.372 e. The molecule has 0 aromatic heterocycles. The molecule has 27 heavy (non-hydrogen) atoms. The van der Waals surface area contributed by atoms with Crippen LogP contribution in [0.4, 0.5) is 0 Å². The molecule has 0 atom stereocenters. The molecule has 0 N–H and O–H groups in total. The van der Waals surface area contributed by atoms with Gasteiger partial charge < -0.3 is 9.64 Å². The highest BCUT2D eigenvalue weighted by atomic mass is 16.5. The van der Waals surface area contributed by atoms with Gasteiger partial charge in [0.2, 0.25) is 0 Å². The molecule has 1 amide bonds. The molecule has 3 nitrogen and oxygen atoms in total. The van der Waals surface area contributed by atoms with Crippen molar-refractivity contribution in [3.05, 3.63) is 57.6 Å². The van der Waals surface area contributed by atoms with Crippen LogP contribution in [0.25, 0.3) is 11.1 Å². The van der Waals surface area contributed by atoms with Crippen molar-refractivity contribution in [3.63, 3.8) is 0 Å². The van der Waals surface area contributed by atoms with Gasteiger partial charge in [0, 0.05) is 12.1 Å². The van der Waals surface area contributed by atoms with E-state index in [2.05, 4.69) is 66.7 Å². The van der Waals surface area contributed by atoms with Gasteiger partial charge in [-0.1, -0.05) is 24.3 Å². The fraction of sp³-hybridized carbons (Fsp3) is 0.458. The van der Waals surface area contributed by atoms with Gasteiger partial charge >= 0.3 is 0 Å². The molecule has 0 fully saturated rings. The van der Waals surface area contributed by atoms with Crippen LogP contribution in [0.1, 0.15) is 65.9 Å². The number of hydrogen-bond donors (Lipinski definition) is 0. The summed E-state index contributed by atoms with van der Waals surface area (Å²) in [5, 5.41) is 0. The predicted octanol–water partition coefficient (Wildman–Crippen LogP) is 5.57. The molecule has 0 saturated carbocycles. The maximum Gasteiger partial charge on any atom is 0.255 e. The van der Waals surface area contributed by atoms with Crippen molar-refractivity contribution < 1.29 is 9.53 Å². The molecule has 1 heterocycles. The highest BCUT2D eigenvalue weighted by Crippen LogP contribution is 2.40. The number of rotatable bonds is 4. The smallest absolute Gasteiger partial charge is 0.255 e. The molecule has 3 rings (SSSR count). The van der Waals surface area contributed by atoms with Crippen molar-refractivity contribution in [2.45, 2.75) is 73.8 Å². The standard InChI is InChI=1S/C24H31NO2/c1-14(2)25(15(3)4)24(26)23-18(7)21-13-27-12-20(21)17(6)22(23)19-11-9-8-10-16(19)5/h8-11,14-15H,12-13H2,1-7H3. The zero-order valence-corrected chi connectivity index (χ0v) is 17.6. The first-order chi connectivity index (χ1) is 12.8. The van der Waals surface area contributed by atoms with Crippen LogP contribution in [0, 0.1) is 20.8 Å². The first kappa shape index (κ1) is 19.6. The topological polar surface area (TPSA) is 29.5 Å². The maximum absolute atomic E-state index is 13.8. The summed E-state index contributed by atoms with van der Waals surface area (Å²) in [6.07, 6.45) is 0. The van der Waals surface area contributed by atoms with E-state index in [0.29, 0.717) is 13.2 Å². The van der Waals surface area contributed by atoms with E-state index >= 15 is 0 Å². The summed E-state index contributed by atoms with van der Waals surface area (Å²) in [4.78, 5) is 15.8. The Morgan fingerprint density at radius 2 is 1.48 bits per heavy atom. The van der Waals surface area contributed by atoms with Crippen molar-refractivity contribution >= 4 is 5.91 Å². The summed E-state index contributed by atoms with van der Waals surface area (Å²) in [5.74, 6) is 0.119. The minimum Gasteiger partial charge on any atom is -0.372 e. The molecule has 0 aliphatic carbocycles. The molecule has 0 spiro atoms. The lowest BCUT2D eigenvalue weighted by Crippen LogP contribution is -2.42. The summed E-state index contributed by atoms with van der Waals surface area (Å²) >= 11 is 0. The zero-order chi connectivity index (χ0) is 19.9. The van der Waals surface area contributed by atoms with Gasteiger partial charge in [-0.2, -0.15) is 0 Å². The summed E-state index contributed by atoms with van der Waals surface area (Å²) in [7, 11) is 0. The Morgan fingerprint density at radius 1 is 0.926 bits per heavy atom. The average molecular weight is 366 g/mol. The number of carbonyl (C=O) groups excluding carboxylic acids is 1. The lowest BCUT2D eigenvalue weighted by atomic mass is 9.83. The number of nitrogens with zero attached hydrogens (tertiary/aromatic N) is 1. The number of aryl methyl sites for hydroxylation is 1. The second kappa shape index (κ2) is 7.47. The van der Waals surface area contributed by atoms with Gasteiger partial charge in [0.05, 0.1) is 18.8 Å². The van der Waals surface area contributed by atoms with Gasteiger partial charge in [-0.05, 0) is 87.4 Å². The van der Waals surface area contributed by atoms with Gasteiger partial charge in [0.25, 0.3) is 5.91 Å². The van der Waals surface area contributed by atoms with Crippen molar-refractivity contribution in [2.75, 3.05) is 0 Å². The number of ether oxygens (including phenoxy) is 1. The highest BCUT2D eigenvalue weighted by molar-refractivity contribution is 6.04. The van der Waals surface area contributed by atoms with Crippen LogP contribution in [0.3, 0.4) is 0 Å². The van der Waals surface area contributed by atoms with Crippen LogP contribution in [0.15, 0.2) is 24.3 Å². The monoisotopic (exact) mass is 365 g/mol. The molecule has 0 unspecified atom stereocenters. The van der Waals surface area contributed by atoms with E-state index < -0.39 is 0 Å². The number of fused-ring (bicyclic) bond motifs is 1. The first-order valence-corrected chi connectivity index (χ1v) is 9.87. The van der Waals surface area contributed by atoms with E-state index in [1.807, 2.05) is 11.0 Å². The Balaban J connectivity index is 2.35. The zero-order valence-electron chi connectivity index (χ0n) is 17.6. The predicted molar refractivity (Wildman–Crippen MR) is 111 cm³/mol. The van der Waals surface area contributed by atoms with Crippen molar-refractivity contribution in [2.24, 2.45) is 0 Å². The second-order valence-corrected chi connectivity index (χ2v) is 8.16.